The molecule has 3 rings (SSSR count). The van der Waals surface area contributed by atoms with E-state index in [1.807, 2.05) is 0 Å². The molecular formula is C20H21N3O7S. The number of aliphatic hydroxyl groups excluding tert-OH is 1. The number of sulfonamides is 1. The minimum absolute atomic E-state index is 0.0363. The van der Waals surface area contributed by atoms with Crippen LogP contribution in [-0.2, 0) is 16.6 Å². The number of methoxy groups -OCH3 is 1. The Hall–Kier alpha value is -3.28. The average molecular weight is 447 g/mol. The van der Waals surface area contributed by atoms with Crippen LogP contribution in [0.25, 0.3) is 10.9 Å². The van der Waals surface area contributed by atoms with Crippen LogP contribution in [-0.4, -0.2) is 48.0 Å². The van der Waals surface area contributed by atoms with Crippen molar-refractivity contribution in [3.63, 3.8) is 0 Å². The van der Waals surface area contributed by atoms with Crippen LogP contribution in [0.3, 0.4) is 0 Å². The third kappa shape index (κ3) is 4.90. The van der Waals surface area contributed by atoms with Gasteiger partial charge >= 0.3 is 0 Å². The molecule has 0 saturated heterocycles. The van der Waals surface area contributed by atoms with Gasteiger partial charge in [-0.25, -0.2) is 8.42 Å². The molecule has 0 aliphatic rings. The summed E-state index contributed by atoms with van der Waals surface area (Å²) < 4.78 is 32.5. The number of H-pyrrole nitrogens is 1. The van der Waals surface area contributed by atoms with Gasteiger partial charge in [0.25, 0.3) is 11.2 Å². The standard InChI is InChI=1S/C20H21N3O7S/c1-30-17-5-8-19-14(12-17)11-15(20(25)21-19)13-22(9-2-10-24)31(28,29)18-6-3-16(4-7-18)23(26)27/h3-8,11-12,24H,2,9-10,13H2,1H3,(H,21,25). The summed E-state index contributed by atoms with van der Waals surface area (Å²) in [7, 11) is -2.56. The van der Waals surface area contributed by atoms with E-state index in [2.05, 4.69) is 4.98 Å². The van der Waals surface area contributed by atoms with Crippen molar-refractivity contribution in [2.75, 3.05) is 20.3 Å². The highest BCUT2D eigenvalue weighted by Crippen LogP contribution is 2.23. The Morgan fingerprint density at radius 3 is 2.48 bits per heavy atom. The molecule has 0 spiro atoms. The number of nitrogens with zero attached hydrogens (tertiary/aromatic N) is 2. The van der Waals surface area contributed by atoms with Crippen molar-refractivity contribution < 1.29 is 23.2 Å². The lowest BCUT2D eigenvalue weighted by molar-refractivity contribution is -0.384. The molecule has 0 radical (unpaired) electrons. The van der Waals surface area contributed by atoms with E-state index in [0.29, 0.717) is 16.7 Å². The number of benzene rings is 2. The molecular weight excluding hydrogens is 426 g/mol. The highest BCUT2D eigenvalue weighted by molar-refractivity contribution is 7.89. The third-order valence-electron chi connectivity index (χ3n) is 4.73. The number of nitrogens with one attached hydrogen (secondary N) is 1. The van der Waals surface area contributed by atoms with Crippen LogP contribution < -0.4 is 10.3 Å². The van der Waals surface area contributed by atoms with Crippen LogP contribution in [0.4, 0.5) is 5.69 Å². The highest BCUT2D eigenvalue weighted by atomic mass is 32.2. The number of aromatic amines is 1. The molecule has 0 saturated carbocycles. The van der Waals surface area contributed by atoms with Gasteiger partial charge in [0, 0.05) is 48.3 Å². The zero-order valence-corrected chi connectivity index (χ0v) is 17.5. The van der Waals surface area contributed by atoms with Gasteiger partial charge in [0.2, 0.25) is 10.0 Å². The van der Waals surface area contributed by atoms with Crippen LogP contribution in [0.5, 0.6) is 5.75 Å². The van der Waals surface area contributed by atoms with Gasteiger partial charge in [0.1, 0.15) is 5.75 Å². The quantitative estimate of drug-likeness (QED) is 0.377. The molecule has 0 atom stereocenters. The fraction of sp³-hybridized carbons (Fsp3) is 0.250. The molecule has 31 heavy (non-hydrogen) atoms. The van der Waals surface area contributed by atoms with Gasteiger partial charge < -0.3 is 14.8 Å². The molecule has 0 fully saturated rings. The number of nitro groups is 1. The predicted molar refractivity (Wildman–Crippen MR) is 114 cm³/mol. The van der Waals surface area contributed by atoms with E-state index < -0.39 is 20.5 Å². The third-order valence-corrected chi connectivity index (χ3v) is 6.59. The van der Waals surface area contributed by atoms with Crippen molar-refractivity contribution >= 4 is 26.6 Å². The molecule has 0 bridgehead atoms. The molecule has 0 aliphatic heterocycles. The molecule has 11 heteroatoms. The number of hydrogen-bond donors (Lipinski definition) is 2. The van der Waals surface area contributed by atoms with E-state index in [1.165, 1.54) is 7.11 Å². The molecule has 0 aliphatic carbocycles. The zero-order valence-electron chi connectivity index (χ0n) is 16.6. The summed E-state index contributed by atoms with van der Waals surface area (Å²) in [4.78, 5) is 25.3. The lowest BCUT2D eigenvalue weighted by atomic mass is 10.1. The van der Waals surface area contributed by atoms with Crippen LogP contribution >= 0.6 is 0 Å². The van der Waals surface area contributed by atoms with E-state index in [-0.39, 0.29) is 42.3 Å². The highest BCUT2D eigenvalue weighted by Gasteiger charge is 2.26. The molecule has 2 N–H and O–H groups in total. The monoisotopic (exact) mass is 447 g/mol. The van der Waals surface area contributed by atoms with Crippen molar-refractivity contribution in [2.24, 2.45) is 0 Å². The minimum Gasteiger partial charge on any atom is -0.497 e. The smallest absolute Gasteiger partial charge is 0.269 e. The molecule has 0 unspecified atom stereocenters. The predicted octanol–water partition coefficient (Wildman–Crippen LogP) is 2.02. The Bertz CT molecular complexity index is 1250. The summed E-state index contributed by atoms with van der Waals surface area (Å²) in [6.45, 7) is -0.509. The fourth-order valence-corrected chi connectivity index (χ4v) is 4.54. The van der Waals surface area contributed by atoms with Crippen LogP contribution in [0.1, 0.15) is 12.0 Å². The number of aliphatic hydroxyl groups is 1. The van der Waals surface area contributed by atoms with Crippen LogP contribution in [0.2, 0.25) is 0 Å². The van der Waals surface area contributed by atoms with E-state index in [4.69, 9.17) is 4.74 Å². The number of aromatic nitrogens is 1. The van der Waals surface area contributed by atoms with Gasteiger partial charge in [-0.2, -0.15) is 4.31 Å². The first-order valence-corrected chi connectivity index (χ1v) is 10.8. The van der Waals surface area contributed by atoms with Gasteiger partial charge in [-0.05, 0) is 42.8 Å². The second-order valence-corrected chi connectivity index (χ2v) is 8.68. The van der Waals surface area contributed by atoms with Crippen molar-refractivity contribution in [2.45, 2.75) is 17.9 Å². The lowest BCUT2D eigenvalue weighted by Crippen LogP contribution is -2.34. The lowest BCUT2D eigenvalue weighted by Gasteiger charge is -2.22. The maximum absolute atomic E-state index is 13.1. The number of fused-ring (bicyclic) bond motifs is 1. The van der Waals surface area contributed by atoms with E-state index in [1.54, 1.807) is 24.3 Å². The SMILES string of the molecule is COc1ccc2[nH]c(=O)c(CN(CCCO)S(=O)(=O)c3ccc([N+](=O)[O-])cc3)cc2c1. The Labute approximate surface area is 177 Å². The topological polar surface area (TPSA) is 143 Å². The summed E-state index contributed by atoms with van der Waals surface area (Å²) in [5.41, 5.74) is 0.116. The number of pyridine rings is 1. The summed E-state index contributed by atoms with van der Waals surface area (Å²) in [5.74, 6) is 0.584. The molecule has 3 aromatic rings. The minimum atomic E-state index is -4.07. The first kappa shape index (κ1) is 22.4. The summed E-state index contributed by atoms with van der Waals surface area (Å²) in [5, 5.41) is 20.7. The Morgan fingerprint density at radius 2 is 1.87 bits per heavy atom. The van der Waals surface area contributed by atoms with Crippen molar-refractivity contribution in [1.82, 2.24) is 9.29 Å². The molecule has 164 valence electrons. The van der Waals surface area contributed by atoms with Crippen molar-refractivity contribution in [1.29, 1.82) is 0 Å². The van der Waals surface area contributed by atoms with E-state index in [0.717, 1.165) is 28.6 Å². The normalized spacial score (nSPS) is 11.7. The van der Waals surface area contributed by atoms with Gasteiger partial charge in [0.05, 0.1) is 16.9 Å². The van der Waals surface area contributed by atoms with E-state index >= 15 is 0 Å². The van der Waals surface area contributed by atoms with Gasteiger partial charge in [-0.3, -0.25) is 14.9 Å². The fourth-order valence-electron chi connectivity index (χ4n) is 3.08. The Morgan fingerprint density at radius 1 is 1.16 bits per heavy atom. The first-order chi connectivity index (χ1) is 14.8. The Balaban J connectivity index is 1.99. The summed E-state index contributed by atoms with van der Waals surface area (Å²) >= 11 is 0. The Kier molecular flexibility index (Phi) is 6.68. The summed E-state index contributed by atoms with van der Waals surface area (Å²) in [6.07, 6.45) is 0.158. The maximum atomic E-state index is 13.1. The number of non-ortho nitro benzene ring substituents is 1. The number of hydrogen-bond acceptors (Lipinski definition) is 7. The first-order valence-electron chi connectivity index (χ1n) is 9.31. The second-order valence-electron chi connectivity index (χ2n) is 6.74. The molecule has 1 heterocycles. The van der Waals surface area contributed by atoms with E-state index in [9.17, 15) is 28.4 Å². The van der Waals surface area contributed by atoms with Crippen LogP contribution in [0.15, 0.2) is 58.2 Å². The number of nitro benzene ring substituents is 1. The number of ether oxygens (including phenoxy) is 1. The summed E-state index contributed by atoms with van der Waals surface area (Å²) in [6, 6.07) is 11.2. The average Bonchev–Trinajstić information content (AvgIpc) is 2.76. The van der Waals surface area contributed by atoms with Crippen LogP contribution in [0, 0.1) is 10.1 Å². The van der Waals surface area contributed by atoms with Crippen molar-refractivity contribution in [3.05, 3.63) is 74.6 Å². The van der Waals surface area contributed by atoms with Gasteiger partial charge in [0.15, 0.2) is 0 Å². The molecule has 1 aromatic heterocycles. The van der Waals surface area contributed by atoms with Crippen molar-refractivity contribution in [3.8, 4) is 5.75 Å². The molecule has 10 nitrogen and oxygen atoms in total. The zero-order chi connectivity index (χ0) is 22.6. The molecule has 0 amide bonds. The van der Waals surface area contributed by atoms with Gasteiger partial charge in [-0.1, -0.05) is 0 Å². The molecule has 2 aromatic carbocycles. The van der Waals surface area contributed by atoms with Gasteiger partial charge in [-0.15, -0.1) is 0 Å². The number of rotatable bonds is 9. The second kappa shape index (κ2) is 9.25. The largest absolute Gasteiger partial charge is 0.497 e. The maximum Gasteiger partial charge on any atom is 0.269 e.